The summed E-state index contributed by atoms with van der Waals surface area (Å²) in [5.41, 5.74) is 5.74. The third kappa shape index (κ3) is 8.50. The van der Waals surface area contributed by atoms with Gasteiger partial charge in [-0.1, -0.05) is 13.8 Å². The predicted octanol–water partition coefficient (Wildman–Crippen LogP) is -2.16. The maximum absolute atomic E-state index is 12.1. The first-order chi connectivity index (χ1) is 12.0. The molecule has 0 bridgehead atoms. The van der Waals surface area contributed by atoms with Crippen LogP contribution in [-0.2, 0) is 19.2 Å². The molecule has 0 heterocycles. The van der Waals surface area contributed by atoms with Crippen molar-refractivity contribution in [1.29, 1.82) is 0 Å². The Hall–Kier alpha value is -1.85. The molecule has 0 spiro atoms. The summed E-state index contributed by atoms with van der Waals surface area (Å²) in [5, 5.41) is 24.6. The highest BCUT2D eigenvalue weighted by molar-refractivity contribution is 7.80. The third-order valence-electron chi connectivity index (χ3n) is 3.43. The van der Waals surface area contributed by atoms with Crippen molar-refractivity contribution in [1.82, 2.24) is 16.0 Å². The first-order valence-corrected chi connectivity index (χ1v) is 8.77. The molecule has 3 amide bonds. The summed E-state index contributed by atoms with van der Waals surface area (Å²) >= 11 is 3.95. The number of amides is 3. The minimum Gasteiger partial charge on any atom is -0.480 e. The van der Waals surface area contributed by atoms with E-state index < -0.39 is 54.5 Å². The van der Waals surface area contributed by atoms with Gasteiger partial charge in [0.25, 0.3) is 0 Å². The number of hydrogen-bond acceptors (Lipinski definition) is 7. The molecule has 0 fully saturated rings. The van der Waals surface area contributed by atoms with Crippen molar-refractivity contribution >= 4 is 36.3 Å². The Labute approximate surface area is 157 Å². The van der Waals surface area contributed by atoms with E-state index in [0.29, 0.717) is 6.42 Å². The lowest BCUT2D eigenvalue weighted by atomic mass is 10.0. The van der Waals surface area contributed by atoms with Gasteiger partial charge < -0.3 is 31.9 Å². The van der Waals surface area contributed by atoms with Crippen LogP contribution in [0.1, 0.15) is 27.2 Å². The first-order valence-electron chi connectivity index (χ1n) is 8.14. The maximum atomic E-state index is 12.1. The molecule has 4 atom stereocenters. The number of carbonyl (C=O) groups excluding carboxylic acids is 3. The van der Waals surface area contributed by atoms with Crippen LogP contribution in [0.5, 0.6) is 0 Å². The van der Waals surface area contributed by atoms with Crippen LogP contribution in [-0.4, -0.2) is 70.4 Å². The van der Waals surface area contributed by atoms with Gasteiger partial charge in [-0.2, -0.15) is 12.6 Å². The molecule has 7 N–H and O–H groups in total. The topological polar surface area (TPSA) is 171 Å². The number of hydrogen-bond donors (Lipinski definition) is 7. The monoisotopic (exact) mass is 392 g/mol. The summed E-state index contributed by atoms with van der Waals surface area (Å²) in [7, 11) is 0. The molecule has 0 saturated carbocycles. The summed E-state index contributed by atoms with van der Waals surface area (Å²) in [4.78, 5) is 46.9. The van der Waals surface area contributed by atoms with Crippen molar-refractivity contribution in [3.63, 3.8) is 0 Å². The number of thiol groups is 1. The average Bonchev–Trinajstić information content (AvgIpc) is 2.55. The maximum Gasteiger partial charge on any atom is 0.328 e. The molecule has 0 aliphatic carbocycles. The van der Waals surface area contributed by atoms with E-state index in [1.54, 1.807) is 0 Å². The average molecular weight is 392 g/mol. The lowest BCUT2D eigenvalue weighted by Gasteiger charge is -2.22. The highest BCUT2D eigenvalue weighted by Crippen LogP contribution is 2.03. The zero-order valence-electron chi connectivity index (χ0n) is 15.1. The molecule has 0 aromatic rings. The molecule has 150 valence electrons. The third-order valence-corrected chi connectivity index (χ3v) is 3.79. The van der Waals surface area contributed by atoms with Crippen molar-refractivity contribution in [3.8, 4) is 0 Å². The van der Waals surface area contributed by atoms with Crippen LogP contribution in [0.2, 0.25) is 0 Å². The van der Waals surface area contributed by atoms with Crippen LogP contribution in [0.25, 0.3) is 0 Å². The van der Waals surface area contributed by atoms with E-state index in [0.717, 1.165) is 0 Å². The Kier molecular flexibility index (Phi) is 10.9. The van der Waals surface area contributed by atoms with Gasteiger partial charge in [-0.3, -0.25) is 14.4 Å². The minimum absolute atomic E-state index is 0.108. The Morgan fingerprint density at radius 2 is 1.50 bits per heavy atom. The second-order valence-corrected chi connectivity index (χ2v) is 6.66. The molecule has 0 aliphatic rings. The van der Waals surface area contributed by atoms with Crippen molar-refractivity contribution in [2.75, 3.05) is 12.4 Å². The smallest absolute Gasteiger partial charge is 0.328 e. The van der Waals surface area contributed by atoms with E-state index >= 15 is 0 Å². The van der Waals surface area contributed by atoms with Crippen molar-refractivity contribution in [2.45, 2.75) is 51.4 Å². The second-order valence-electron chi connectivity index (χ2n) is 6.29. The number of aliphatic carboxylic acids is 1. The molecule has 11 heteroatoms. The fourth-order valence-corrected chi connectivity index (χ4v) is 2.21. The van der Waals surface area contributed by atoms with E-state index in [4.69, 9.17) is 15.9 Å². The van der Waals surface area contributed by atoms with Gasteiger partial charge in [-0.15, -0.1) is 0 Å². The van der Waals surface area contributed by atoms with E-state index in [9.17, 15) is 19.2 Å². The Bertz CT molecular complexity index is 516. The zero-order valence-corrected chi connectivity index (χ0v) is 16.0. The lowest BCUT2D eigenvalue weighted by Crippen LogP contribution is -2.57. The molecule has 0 aromatic carbocycles. The summed E-state index contributed by atoms with van der Waals surface area (Å²) in [6.45, 7) is 4.46. The number of nitrogens with two attached hydrogens (primary N) is 1. The summed E-state index contributed by atoms with van der Waals surface area (Å²) in [6, 6.07) is -4.34. The minimum atomic E-state index is -1.49. The molecule has 0 radical (unpaired) electrons. The normalized spacial score (nSPS) is 15.5. The molecular weight excluding hydrogens is 364 g/mol. The quantitative estimate of drug-likeness (QED) is 0.196. The lowest BCUT2D eigenvalue weighted by molar-refractivity contribution is -0.143. The molecule has 0 saturated heterocycles. The molecule has 26 heavy (non-hydrogen) atoms. The molecule has 0 aliphatic heterocycles. The number of nitrogens with one attached hydrogen (secondary N) is 3. The number of rotatable bonds is 11. The number of carbonyl (C=O) groups is 4. The van der Waals surface area contributed by atoms with Gasteiger partial charge in [0.1, 0.15) is 18.1 Å². The fraction of sp³-hybridized carbons (Fsp3) is 0.733. The number of carboxylic acids is 1. The van der Waals surface area contributed by atoms with Crippen molar-refractivity contribution < 1.29 is 29.4 Å². The van der Waals surface area contributed by atoms with Gasteiger partial charge in [0.15, 0.2) is 0 Å². The van der Waals surface area contributed by atoms with Gasteiger partial charge in [-0.25, -0.2) is 4.79 Å². The largest absolute Gasteiger partial charge is 0.480 e. The van der Waals surface area contributed by atoms with Gasteiger partial charge in [0, 0.05) is 5.75 Å². The Morgan fingerprint density at radius 3 is 1.92 bits per heavy atom. The van der Waals surface area contributed by atoms with Gasteiger partial charge in [0.2, 0.25) is 17.7 Å². The molecule has 4 unspecified atom stereocenters. The molecular formula is C15H28N4O6S. The van der Waals surface area contributed by atoms with Crippen LogP contribution in [0.4, 0.5) is 0 Å². The van der Waals surface area contributed by atoms with Gasteiger partial charge >= 0.3 is 5.97 Å². The van der Waals surface area contributed by atoms with Crippen LogP contribution in [0.3, 0.4) is 0 Å². The second kappa shape index (κ2) is 11.7. The van der Waals surface area contributed by atoms with Gasteiger partial charge in [-0.05, 0) is 19.3 Å². The Morgan fingerprint density at radius 1 is 0.962 bits per heavy atom. The standard InChI is InChI=1S/C15H28N4O6S/c1-7(2)4-9(16)13(22)17-8(3)12(21)19-11(6-26)14(23)18-10(5-20)15(24)25/h7-11,20,26H,4-6,16H2,1-3H3,(H,17,22)(H,18,23)(H,19,21)(H,24,25). The molecule has 10 nitrogen and oxygen atoms in total. The zero-order chi connectivity index (χ0) is 20.4. The fourth-order valence-electron chi connectivity index (χ4n) is 1.95. The Balaban J connectivity index is 4.71. The first kappa shape index (κ1) is 24.1. The van der Waals surface area contributed by atoms with E-state index in [1.165, 1.54) is 6.92 Å². The molecule has 0 rings (SSSR count). The SMILES string of the molecule is CC(C)CC(N)C(=O)NC(C)C(=O)NC(CS)C(=O)NC(CO)C(=O)O. The van der Waals surface area contributed by atoms with E-state index in [-0.39, 0.29) is 11.7 Å². The van der Waals surface area contributed by atoms with Crippen molar-refractivity contribution in [2.24, 2.45) is 11.7 Å². The highest BCUT2D eigenvalue weighted by Gasteiger charge is 2.27. The van der Waals surface area contributed by atoms with E-state index in [2.05, 4.69) is 28.6 Å². The predicted molar refractivity (Wildman–Crippen MR) is 97.5 cm³/mol. The van der Waals surface area contributed by atoms with Crippen LogP contribution >= 0.6 is 12.6 Å². The van der Waals surface area contributed by atoms with Crippen LogP contribution < -0.4 is 21.7 Å². The van der Waals surface area contributed by atoms with Crippen LogP contribution in [0.15, 0.2) is 0 Å². The molecule has 0 aromatic heterocycles. The number of aliphatic hydroxyl groups excluding tert-OH is 1. The summed E-state index contributed by atoms with van der Waals surface area (Å²) in [6.07, 6.45) is 0.458. The van der Waals surface area contributed by atoms with E-state index in [1.807, 2.05) is 13.8 Å². The number of carboxylic acid groups (broad SMARTS) is 1. The van der Waals surface area contributed by atoms with Gasteiger partial charge in [0.05, 0.1) is 12.6 Å². The van der Waals surface area contributed by atoms with Crippen molar-refractivity contribution in [3.05, 3.63) is 0 Å². The number of aliphatic hydroxyl groups is 1. The summed E-state index contributed by atoms with van der Waals surface area (Å²) < 4.78 is 0. The summed E-state index contributed by atoms with van der Waals surface area (Å²) in [5.74, 6) is -3.26. The highest BCUT2D eigenvalue weighted by atomic mass is 32.1. The van der Waals surface area contributed by atoms with Crippen LogP contribution in [0, 0.1) is 5.92 Å².